The fourth-order valence-corrected chi connectivity index (χ4v) is 2.62. The number of hydrogen-bond acceptors (Lipinski definition) is 3. The van der Waals surface area contributed by atoms with Gasteiger partial charge in [-0.15, -0.1) is 0 Å². The molecule has 0 saturated heterocycles. The first-order valence-corrected chi connectivity index (χ1v) is 7.38. The third kappa shape index (κ3) is 4.51. The molecule has 0 aliphatic heterocycles. The molecular weight excluding hydrogens is 271 g/mol. The van der Waals surface area contributed by atoms with Gasteiger partial charge < -0.3 is 15.4 Å². The Kier molecular flexibility index (Phi) is 5.70. The van der Waals surface area contributed by atoms with Crippen molar-refractivity contribution in [1.82, 2.24) is 10.6 Å². The first-order valence-electron chi connectivity index (χ1n) is 7.38. The van der Waals surface area contributed by atoms with Gasteiger partial charge in [0.05, 0.1) is 12.6 Å². The van der Waals surface area contributed by atoms with Crippen LogP contribution in [-0.4, -0.2) is 38.3 Å². The highest BCUT2D eigenvalue weighted by molar-refractivity contribution is 5.81. The minimum absolute atomic E-state index is 0.00252. The van der Waals surface area contributed by atoms with E-state index in [1.807, 2.05) is 19.1 Å². The van der Waals surface area contributed by atoms with Gasteiger partial charge in [-0.3, -0.25) is 4.79 Å². The number of nitrogens with one attached hydrogen (secondary N) is 2. The number of rotatable bonds is 7. The zero-order valence-corrected chi connectivity index (χ0v) is 12.6. The Morgan fingerprint density at radius 2 is 2.05 bits per heavy atom. The van der Waals surface area contributed by atoms with Crippen LogP contribution in [0.3, 0.4) is 0 Å². The summed E-state index contributed by atoms with van der Waals surface area (Å²) in [6.45, 7) is 2.92. The Morgan fingerprint density at radius 3 is 2.67 bits per heavy atom. The van der Waals surface area contributed by atoms with E-state index in [1.165, 1.54) is 17.7 Å². The van der Waals surface area contributed by atoms with Crippen molar-refractivity contribution in [3.8, 4) is 0 Å². The largest absolute Gasteiger partial charge is 0.383 e. The second kappa shape index (κ2) is 7.52. The lowest BCUT2D eigenvalue weighted by atomic mass is 9.75. The molecule has 0 spiro atoms. The van der Waals surface area contributed by atoms with Crippen LogP contribution in [-0.2, 0) is 9.53 Å². The third-order valence-electron chi connectivity index (χ3n) is 3.96. The topological polar surface area (TPSA) is 50.4 Å². The van der Waals surface area contributed by atoms with E-state index in [9.17, 15) is 9.18 Å². The maximum Gasteiger partial charge on any atom is 0.236 e. The molecule has 0 bridgehead atoms. The van der Waals surface area contributed by atoms with E-state index in [-0.39, 0.29) is 17.8 Å². The van der Waals surface area contributed by atoms with E-state index < -0.39 is 0 Å². The molecule has 5 heteroatoms. The summed E-state index contributed by atoms with van der Waals surface area (Å²) in [6.07, 6.45) is 1.97. The third-order valence-corrected chi connectivity index (χ3v) is 3.96. The summed E-state index contributed by atoms with van der Waals surface area (Å²) in [5, 5.41) is 6.15. The van der Waals surface area contributed by atoms with Crippen LogP contribution < -0.4 is 10.6 Å². The molecule has 1 fully saturated rings. The average Bonchev–Trinajstić information content (AvgIpc) is 2.43. The van der Waals surface area contributed by atoms with Crippen molar-refractivity contribution in [2.75, 3.05) is 20.3 Å². The lowest BCUT2D eigenvalue weighted by molar-refractivity contribution is -0.123. The molecule has 1 aliphatic carbocycles. The van der Waals surface area contributed by atoms with Gasteiger partial charge in [-0.1, -0.05) is 12.1 Å². The summed E-state index contributed by atoms with van der Waals surface area (Å²) in [7, 11) is 1.61. The molecule has 0 heterocycles. The van der Waals surface area contributed by atoms with Gasteiger partial charge in [0.15, 0.2) is 0 Å². The van der Waals surface area contributed by atoms with Crippen LogP contribution in [0.5, 0.6) is 0 Å². The summed E-state index contributed by atoms with van der Waals surface area (Å²) in [5.41, 5.74) is 1.17. The number of carbonyl (C=O) groups excluding carboxylic acids is 1. The normalized spacial score (nSPS) is 22.4. The van der Waals surface area contributed by atoms with Crippen molar-refractivity contribution >= 4 is 5.91 Å². The fourth-order valence-electron chi connectivity index (χ4n) is 2.62. The van der Waals surface area contributed by atoms with Crippen molar-refractivity contribution in [2.24, 2.45) is 0 Å². The fraction of sp³-hybridized carbons (Fsp3) is 0.562. The molecule has 2 rings (SSSR count). The van der Waals surface area contributed by atoms with Gasteiger partial charge in [0.2, 0.25) is 5.91 Å². The summed E-state index contributed by atoms with van der Waals surface area (Å²) in [5.74, 6) is 0.262. The molecule has 1 atom stereocenters. The second-order valence-corrected chi connectivity index (χ2v) is 5.59. The molecule has 0 radical (unpaired) electrons. The van der Waals surface area contributed by atoms with Gasteiger partial charge in [0.25, 0.3) is 0 Å². The van der Waals surface area contributed by atoms with Crippen molar-refractivity contribution in [3.63, 3.8) is 0 Å². The molecule has 2 N–H and O–H groups in total. The standard InChI is InChI=1S/C16H23FN2O2/c1-11(16(20)18-7-8-21-2)19-15-9-13(10-15)12-3-5-14(17)6-4-12/h3-6,11,13,15,19H,7-10H2,1-2H3,(H,18,20). The quantitative estimate of drug-likeness (QED) is 0.754. The number of hydrogen-bond donors (Lipinski definition) is 2. The smallest absolute Gasteiger partial charge is 0.236 e. The number of methoxy groups -OCH3 is 1. The highest BCUT2D eigenvalue weighted by Crippen LogP contribution is 2.36. The van der Waals surface area contributed by atoms with Gasteiger partial charge in [0.1, 0.15) is 5.82 Å². The number of halogens is 1. The van der Waals surface area contributed by atoms with Gasteiger partial charge in [0, 0.05) is 19.7 Å². The van der Waals surface area contributed by atoms with Crippen LogP contribution in [0.15, 0.2) is 24.3 Å². The maximum atomic E-state index is 12.9. The molecule has 1 aliphatic rings. The molecule has 1 saturated carbocycles. The molecule has 116 valence electrons. The van der Waals surface area contributed by atoms with E-state index >= 15 is 0 Å². The Bertz CT molecular complexity index is 458. The molecule has 1 aromatic rings. The minimum Gasteiger partial charge on any atom is -0.383 e. The Morgan fingerprint density at radius 1 is 1.38 bits per heavy atom. The predicted molar refractivity (Wildman–Crippen MR) is 79.6 cm³/mol. The highest BCUT2D eigenvalue weighted by Gasteiger charge is 2.31. The van der Waals surface area contributed by atoms with Crippen LogP contribution in [0.25, 0.3) is 0 Å². The van der Waals surface area contributed by atoms with Crippen LogP contribution in [0.4, 0.5) is 4.39 Å². The number of ether oxygens (including phenoxy) is 1. The number of benzene rings is 1. The van der Waals surface area contributed by atoms with Crippen LogP contribution in [0.1, 0.15) is 31.2 Å². The molecule has 1 amide bonds. The van der Waals surface area contributed by atoms with E-state index in [1.54, 1.807) is 7.11 Å². The molecule has 1 aromatic carbocycles. The zero-order valence-electron chi connectivity index (χ0n) is 12.6. The Balaban J connectivity index is 1.70. The van der Waals surface area contributed by atoms with Gasteiger partial charge >= 0.3 is 0 Å². The van der Waals surface area contributed by atoms with E-state index in [4.69, 9.17) is 4.74 Å². The summed E-state index contributed by atoms with van der Waals surface area (Å²) in [6, 6.07) is 6.84. The SMILES string of the molecule is COCCNC(=O)C(C)NC1CC(c2ccc(F)cc2)C1. The van der Waals surface area contributed by atoms with Gasteiger partial charge in [-0.25, -0.2) is 4.39 Å². The minimum atomic E-state index is -0.207. The maximum absolute atomic E-state index is 12.9. The summed E-state index contributed by atoms with van der Waals surface area (Å²) < 4.78 is 17.8. The Labute approximate surface area is 125 Å². The van der Waals surface area contributed by atoms with Crippen LogP contribution >= 0.6 is 0 Å². The lowest BCUT2D eigenvalue weighted by Gasteiger charge is -2.37. The first kappa shape index (κ1) is 15.9. The molecule has 1 unspecified atom stereocenters. The van der Waals surface area contributed by atoms with Crippen LogP contribution in [0.2, 0.25) is 0 Å². The predicted octanol–water partition coefficient (Wildman–Crippen LogP) is 1.81. The van der Waals surface area contributed by atoms with Crippen molar-refractivity contribution < 1.29 is 13.9 Å². The van der Waals surface area contributed by atoms with Crippen molar-refractivity contribution in [1.29, 1.82) is 0 Å². The van der Waals surface area contributed by atoms with Crippen LogP contribution in [0, 0.1) is 5.82 Å². The highest BCUT2D eigenvalue weighted by atomic mass is 19.1. The van der Waals surface area contributed by atoms with Crippen molar-refractivity contribution in [2.45, 2.75) is 37.8 Å². The van der Waals surface area contributed by atoms with Crippen molar-refractivity contribution in [3.05, 3.63) is 35.6 Å². The monoisotopic (exact) mass is 294 g/mol. The average molecular weight is 294 g/mol. The van der Waals surface area contributed by atoms with E-state index in [0.717, 1.165) is 12.8 Å². The van der Waals surface area contributed by atoms with Gasteiger partial charge in [-0.05, 0) is 43.4 Å². The number of carbonyl (C=O) groups is 1. The summed E-state index contributed by atoms with van der Waals surface area (Å²) >= 11 is 0. The molecular formula is C16H23FN2O2. The van der Waals surface area contributed by atoms with Gasteiger partial charge in [-0.2, -0.15) is 0 Å². The lowest BCUT2D eigenvalue weighted by Crippen LogP contribution is -2.51. The Hall–Kier alpha value is -1.46. The molecule has 21 heavy (non-hydrogen) atoms. The van der Waals surface area contributed by atoms with E-state index in [0.29, 0.717) is 25.1 Å². The summed E-state index contributed by atoms with van der Waals surface area (Å²) in [4.78, 5) is 11.8. The zero-order chi connectivity index (χ0) is 15.2. The number of amides is 1. The molecule has 4 nitrogen and oxygen atoms in total. The van der Waals surface area contributed by atoms with E-state index in [2.05, 4.69) is 10.6 Å². The molecule has 0 aromatic heterocycles. The second-order valence-electron chi connectivity index (χ2n) is 5.59. The first-order chi connectivity index (χ1) is 10.1.